The molecule has 0 aliphatic rings. The number of nitrogens with two attached hydrogens (primary N) is 1. The number of benzene rings is 2. The molecule has 1 aromatic heterocycles. The van der Waals surface area contributed by atoms with Crippen LogP contribution < -0.4 is 5.73 Å². The maximum atomic E-state index is 6.60. The largest absolute Gasteiger partial charge is 0.321 e. The molecule has 3 aromatic rings. The van der Waals surface area contributed by atoms with Gasteiger partial charge in [-0.2, -0.15) is 0 Å². The summed E-state index contributed by atoms with van der Waals surface area (Å²) in [5.74, 6) is 0. The van der Waals surface area contributed by atoms with Crippen LogP contribution in [0.3, 0.4) is 0 Å². The van der Waals surface area contributed by atoms with Gasteiger partial charge in [0.05, 0.1) is 5.52 Å². The minimum Gasteiger partial charge on any atom is -0.321 e. The number of rotatable bonds is 3. The minimum atomic E-state index is -0.435. The van der Waals surface area contributed by atoms with E-state index >= 15 is 0 Å². The average Bonchev–Trinajstić information content (AvgIpc) is 2.47. The van der Waals surface area contributed by atoms with Gasteiger partial charge in [0.15, 0.2) is 0 Å². The summed E-state index contributed by atoms with van der Waals surface area (Å²) in [6.45, 7) is 2.07. The topological polar surface area (TPSA) is 38.9 Å². The molecular formula is C18H18N2. The van der Waals surface area contributed by atoms with Crippen molar-refractivity contribution in [3.8, 4) is 0 Å². The van der Waals surface area contributed by atoms with E-state index < -0.39 is 5.54 Å². The van der Waals surface area contributed by atoms with Gasteiger partial charge in [0, 0.05) is 17.1 Å². The summed E-state index contributed by atoms with van der Waals surface area (Å²) in [6.07, 6.45) is 2.62. The van der Waals surface area contributed by atoms with Crippen molar-refractivity contribution in [2.24, 2.45) is 5.73 Å². The molecule has 0 saturated carbocycles. The molecule has 1 atom stereocenters. The van der Waals surface area contributed by atoms with Crippen LogP contribution in [-0.4, -0.2) is 4.98 Å². The molecular weight excluding hydrogens is 244 g/mol. The predicted octanol–water partition coefficient (Wildman–Crippen LogP) is 3.65. The van der Waals surface area contributed by atoms with Crippen LogP contribution in [0.25, 0.3) is 10.9 Å². The Balaban J connectivity index is 2.05. The van der Waals surface area contributed by atoms with E-state index in [9.17, 15) is 0 Å². The first-order chi connectivity index (χ1) is 9.67. The molecule has 20 heavy (non-hydrogen) atoms. The molecule has 0 aliphatic heterocycles. The van der Waals surface area contributed by atoms with E-state index in [0.29, 0.717) is 0 Å². The fraction of sp³-hybridized carbons (Fsp3) is 0.167. The number of fused-ring (bicyclic) bond motifs is 1. The zero-order valence-electron chi connectivity index (χ0n) is 11.6. The Morgan fingerprint density at radius 3 is 2.50 bits per heavy atom. The van der Waals surface area contributed by atoms with E-state index in [2.05, 4.69) is 48.3 Å². The van der Waals surface area contributed by atoms with Gasteiger partial charge in [0.2, 0.25) is 0 Å². The highest BCUT2D eigenvalue weighted by Crippen LogP contribution is 2.28. The summed E-state index contributed by atoms with van der Waals surface area (Å²) in [6, 6.07) is 20.6. The van der Waals surface area contributed by atoms with E-state index in [1.165, 1.54) is 5.56 Å². The molecule has 1 unspecified atom stereocenters. The monoisotopic (exact) mass is 262 g/mol. The Bertz CT molecular complexity index is 712. The van der Waals surface area contributed by atoms with E-state index in [1.54, 1.807) is 0 Å². The Kier molecular flexibility index (Phi) is 3.25. The van der Waals surface area contributed by atoms with Crippen LogP contribution in [-0.2, 0) is 12.0 Å². The van der Waals surface area contributed by atoms with E-state index in [4.69, 9.17) is 5.73 Å². The van der Waals surface area contributed by atoms with Crippen molar-refractivity contribution in [1.82, 2.24) is 4.98 Å². The molecule has 2 N–H and O–H groups in total. The van der Waals surface area contributed by atoms with Gasteiger partial charge in [0.25, 0.3) is 0 Å². The van der Waals surface area contributed by atoms with Crippen molar-refractivity contribution < 1.29 is 0 Å². The molecule has 0 radical (unpaired) electrons. The van der Waals surface area contributed by atoms with Gasteiger partial charge >= 0.3 is 0 Å². The lowest BCUT2D eigenvalue weighted by molar-refractivity contribution is 0.495. The van der Waals surface area contributed by atoms with Crippen molar-refractivity contribution in [3.05, 3.63) is 78.0 Å². The number of pyridine rings is 1. The molecule has 0 bridgehead atoms. The highest BCUT2D eigenvalue weighted by Gasteiger charge is 2.24. The van der Waals surface area contributed by atoms with E-state index in [0.717, 1.165) is 22.9 Å². The van der Waals surface area contributed by atoms with Crippen LogP contribution in [0.4, 0.5) is 0 Å². The van der Waals surface area contributed by atoms with Gasteiger partial charge in [-0.25, -0.2) is 0 Å². The van der Waals surface area contributed by atoms with Crippen LogP contribution in [0.1, 0.15) is 18.1 Å². The summed E-state index contributed by atoms with van der Waals surface area (Å²) in [5, 5.41) is 1.13. The molecule has 2 nitrogen and oxygen atoms in total. The third kappa shape index (κ3) is 2.43. The summed E-state index contributed by atoms with van der Waals surface area (Å²) in [4.78, 5) is 4.51. The molecule has 0 saturated heterocycles. The van der Waals surface area contributed by atoms with Crippen LogP contribution in [0.15, 0.2) is 66.9 Å². The normalized spacial score (nSPS) is 14.1. The molecule has 0 amide bonds. The maximum absolute atomic E-state index is 6.60. The van der Waals surface area contributed by atoms with Gasteiger partial charge in [-0.1, -0.05) is 54.6 Å². The first-order valence-corrected chi connectivity index (χ1v) is 6.84. The van der Waals surface area contributed by atoms with Crippen molar-refractivity contribution >= 4 is 10.9 Å². The second-order valence-corrected chi connectivity index (χ2v) is 5.46. The Morgan fingerprint density at radius 2 is 1.70 bits per heavy atom. The lowest BCUT2D eigenvalue weighted by Crippen LogP contribution is -2.35. The van der Waals surface area contributed by atoms with Crippen molar-refractivity contribution in [1.29, 1.82) is 0 Å². The number of para-hydroxylation sites is 1. The number of hydrogen-bond acceptors (Lipinski definition) is 2. The van der Waals surface area contributed by atoms with Crippen molar-refractivity contribution in [3.63, 3.8) is 0 Å². The highest BCUT2D eigenvalue weighted by molar-refractivity contribution is 5.82. The average molecular weight is 262 g/mol. The SMILES string of the molecule is CC(N)(Cc1ccccc1)c1cccc2cccnc12. The molecule has 1 heterocycles. The summed E-state index contributed by atoms with van der Waals surface area (Å²) in [7, 11) is 0. The van der Waals surface area contributed by atoms with Crippen LogP contribution >= 0.6 is 0 Å². The molecule has 100 valence electrons. The fourth-order valence-electron chi connectivity index (χ4n) is 2.68. The van der Waals surface area contributed by atoms with E-state index in [1.807, 2.05) is 30.5 Å². The number of aromatic nitrogens is 1. The minimum absolute atomic E-state index is 0.435. The van der Waals surface area contributed by atoms with Crippen LogP contribution in [0.2, 0.25) is 0 Å². The van der Waals surface area contributed by atoms with Crippen LogP contribution in [0, 0.1) is 0 Å². The zero-order valence-corrected chi connectivity index (χ0v) is 11.6. The summed E-state index contributed by atoms with van der Waals surface area (Å²) >= 11 is 0. The van der Waals surface area contributed by atoms with Crippen LogP contribution in [0.5, 0.6) is 0 Å². The Morgan fingerprint density at radius 1 is 0.950 bits per heavy atom. The summed E-state index contributed by atoms with van der Waals surface area (Å²) in [5.41, 5.74) is 9.49. The molecule has 0 spiro atoms. The molecule has 3 rings (SSSR count). The molecule has 0 aliphatic carbocycles. The number of hydrogen-bond donors (Lipinski definition) is 1. The number of nitrogens with zero attached hydrogens (tertiary/aromatic N) is 1. The van der Waals surface area contributed by atoms with Gasteiger partial charge < -0.3 is 5.73 Å². The van der Waals surface area contributed by atoms with Gasteiger partial charge in [-0.15, -0.1) is 0 Å². The zero-order chi connectivity index (χ0) is 14.0. The fourth-order valence-corrected chi connectivity index (χ4v) is 2.68. The molecule has 2 aromatic carbocycles. The Hall–Kier alpha value is -2.19. The van der Waals surface area contributed by atoms with Crippen molar-refractivity contribution in [2.45, 2.75) is 18.9 Å². The molecule has 2 heteroatoms. The summed E-state index contributed by atoms with van der Waals surface area (Å²) < 4.78 is 0. The van der Waals surface area contributed by atoms with E-state index in [-0.39, 0.29) is 0 Å². The van der Waals surface area contributed by atoms with Gasteiger partial charge in [0.1, 0.15) is 0 Å². The van der Waals surface area contributed by atoms with Crippen molar-refractivity contribution in [2.75, 3.05) is 0 Å². The quantitative estimate of drug-likeness (QED) is 0.782. The first-order valence-electron chi connectivity index (χ1n) is 6.84. The van der Waals surface area contributed by atoms with Gasteiger partial charge in [-0.05, 0) is 30.5 Å². The predicted molar refractivity (Wildman–Crippen MR) is 83.4 cm³/mol. The lowest BCUT2D eigenvalue weighted by atomic mass is 9.85. The lowest BCUT2D eigenvalue weighted by Gasteiger charge is -2.26. The first kappa shape index (κ1) is 12.8. The molecule has 0 fully saturated rings. The standard InChI is InChI=1S/C18H18N2/c1-18(19,13-14-7-3-2-4-8-14)16-11-5-9-15-10-6-12-20-17(15)16/h2-12H,13,19H2,1H3. The second-order valence-electron chi connectivity index (χ2n) is 5.46. The maximum Gasteiger partial charge on any atom is 0.0752 e. The third-order valence-corrected chi connectivity index (χ3v) is 3.66. The van der Waals surface area contributed by atoms with Gasteiger partial charge in [-0.3, -0.25) is 4.98 Å². The smallest absolute Gasteiger partial charge is 0.0752 e. The second kappa shape index (κ2) is 5.06. The third-order valence-electron chi connectivity index (χ3n) is 3.66. The Labute approximate surface area is 119 Å². The highest BCUT2D eigenvalue weighted by atomic mass is 14.8.